The molecule has 0 amide bonds. The number of piperidine rings is 1. The maximum Gasteiger partial charge on any atom is 0.271 e. The van der Waals surface area contributed by atoms with Crippen LogP contribution >= 0.6 is 0 Å². The molecule has 1 aliphatic heterocycles. The molecule has 0 radical (unpaired) electrons. The lowest BCUT2D eigenvalue weighted by molar-refractivity contribution is -0.384. The zero-order valence-corrected chi connectivity index (χ0v) is 11.5. The molecule has 1 aromatic carbocycles. The number of hydrogen-bond acceptors (Lipinski definition) is 5. The number of nitrogen functional groups attached to an aromatic ring is 1. The monoisotopic (exact) mass is 297 g/mol. The van der Waals surface area contributed by atoms with Gasteiger partial charge in [0.25, 0.3) is 5.69 Å². The Morgan fingerprint density at radius 2 is 2.10 bits per heavy atom. The molecule has 2 bridgehead atoms. The number of nitro groups is 1. The fraction of sp³-hybridized carbons (Fsp3) is 0.500. The van der Waals surface area contributed by atoms with Crippen LogP contribution in [0.1, 0.15) is 19.3 Å². The number of anilines is 1. The largest absolute Gasteiger partial charge is 0.397 e. The van der Waals surface area contributed by atoms with E-state index in [9.17, 15) is 18.5 Å². The summed E-state index contributed by atoms with van der Waals surface area (Å²) in [5, 5.41) is 10.7. The number of nitrogens with two attached hydrogens (primary N) is 1. The molecule has 0 spiro atoms. The van der Waals surface area contributed by atoms with Gasteiger partial charge < -0.3 is 5.73 Å². The Kier molecular flexibility index (Phi) is 2.94. The predicted octanol–water partition coefficient (Wildman–Crippen LogP) is 1.35. The van der Waals surface area contributed by atoms with E-state index in [0.717, 1.165) is 25.3 Å². The minimum atomic E-state index is -3.66. The number of nitro benzene ring substituents is 1. The van der Waals surface area contributed by atoms with Crippen molar-refractivity contribution in [1.29, 1.82) is 0 Å². The molecule has 0 aromatic heterocycles. The fourth-order valence-electron chi connectivity index (χ4n) is 3.18. The van der Waals surface area contributed by atoms with E-state index in [1.807, 2.05) is 0 Å². The molecule has 1 saturated carbocycles. The number of nitrogens with zero attached hydrogens (tertiary/aromatic N) is 2. The average Bonchev–Trinajstić information content (AvgIpc) is 3.00. The highest BCUT2D eigenvalue weighted by atomic mass is 32.2. The summed E-state index contributed by atoms with van der Waals surface area (Å²) in [5.74, 6) is 0.439. The number of hydrogen-bond donors (Lipinski definition) is 1. The predicted molar refractivity (Wildman–Crippen MR) is 72.5 cm³/mol. The lowest BCUT2D eigenvalue weighted by atomic mass is 10.1. The van der Waals surface area contributed by atoms with Gasteiger partial charge in [-0.1, -0.05) is 0 Å². The second kappa shape index (κ2) is 4.42. The zero-order valence-electron chi connectivity index (χ0n) is 10.7. The Morgan fingerprint density at radius 3 is 2.60 bits per heavy atom. The first-order chi connectivity index (χ1) is 9.39. The van der Waals surface area contributed by atoms with E-state index in [2.05, 4.69) is 0 Å². The van der Waals surface area contributed by atoms with Crippen LogP contribution in [0.25, 0.3) is 0 Å². The molecule has 1 saturated heterocycles. The summed E-state index contributed by atoms with van der Waals surface area (Å²) in [5.41, 5.74) is 5.43. The van der Waals surface area contributed by atoms with Crippen molar-refractivity contribution in [2.24, 2.45) is 5.92 Å². The molecule has 7 nitrogen and oxygen atoms in total. The van der Waals surface area contributed by atoms with Crippen molar-refractivity contribution in [3.05, 3.63) is 28.3 Å². The maximum atomic E-state index is 12.6. The quantitative estimate of drug-likeness (QED) is 0.515. The summed E-state index contributed by atoms with van der Waals surface area (Å²) in [4.78, 5) is 10.0. The first kappa shape index (κ1) is 13.3. The van der Waals surface area contributed by atoms with Gasteiger partial charge in [0.15, 0.2) is 0 Å². The molecule has 1 aromatic rings. The molecule has 1 heterocycles. The van der Waals surface area contributed by atoms with E-state index < -0.39 is 14.9 Å². The van der Waals surface area contributed by atoms with E-state index in [1.165, 1.54) is 16.4 Å². The summed E-state index contributed by atoms with van der Waals surface area (Å²) in [6, 6.07) is 3.56. The van der Waals surface area contributed by atoms with Gasteiger partial charge in [-0.25, -0.2) is 8.42 Å². The second-order valence-electron chi connectivity index (χ2n) is 5.39. The van der Waals surface area contributed by atoms with Gasteiger partial charge in [0.1, 0.15) is 4.90 Å². The summed E-state index contributed by atoms with van der Waals surface area (Å²) in [6.45, 7) is 0.531. The van der Waals surface area contributed by atoms with Crippen molar-refractivity contribution >= 4 is 21.4 Å². The second-order valence-corrected chi connectivity index (χ2v) is 7.25. The summed E-state index contributed by atoms with van der Waals surface area (Å²) in [7, 11) is -3.66. The van der Waals surface area contributed by atoms with Crippen molar-refractivity contribution in [2.45, 2.75) is 30.2 Å². The van der Waals surface area contributed by atoms with E-state index in [-0.39, 0.29) is 22.3 Å². The van der Waals surface area contributed by atoms with Crippen molar-refractivity contribution in [2.75, 3.05) is 12.3 Å². The topological polar surface area (TPSA) is 107 Å². The molecule has 20 heavy (non-hydrogen) atoms. The lowest BCUT2D eigenvalue weighted by Gasteiger charge is -2.26. The van der Waals surface area contributed by atoms with Crippen LogP contribution in [-0.4, -0.2) is 30.2 Å². The summed E-state index contributed by atoms with van der Waals surface area (Å²) < 4.78 is 26.7. The first-order valence-corrected chi connectivity index (χ1v) is 7.89. The van der Waals surface area contributed by atoms with Crippen LogP contribution in [0.15, 0.2) is 23.1 Å². The van der Waals surface area contributed by atoms with Crippen LogP contribution in [-0.2, 0) is 10.0 Å². The highest BCUT2D eigenvalue weighted by Crippen LogP contribution is 2.41. The Labute approximate surface area is 116 Å². The molecular weight excluding hydrogens is 282 g/mol. The van der Waals surface area contributed by atoms with Gasteiger partial charge in [-0.15, -0.1) is 0 Å². The first-order valence-electron chi connectivity index (χ1n) is 6.45. The molecule has 2 fully saturated rings. The molecule has 108 valence electrons. The molecule has 2 unspecified atom stereocenters. The van der Waals surface area contributed by atoms with Crippen LogP contribution in [0.5, 0.6) is 0 Å². The van der Waals surface area contributed by atoms with Gasteiger partial charge >= 0.3 is 0 Å². The molecule has 8 heteroatoms. The molecule has 2 atom stereocenters. The maximum absolute atomic E-state index is 12.6. The number of rotatable bonds is 3. The van der Waals surface area contributed by atoms with E-state index >= 15 is 0 Å². The van der Waals surface area contributed by atoms with Gasteiger partial charge in [0.05, 0.1) is 10.6 Å². The highest BCUT2D eigenvalue weighted by molar-refractivity contribution is 7.89. The Morgan fingerprint density at radius 1 is 1.35 bits per heavy atom. The van der Waals surface area contributed by atoms with Crippen molar-refractivity contribution in [3.8, 4) is 0 Å². The smallest absolute Gasteiger partial charge is 0.271 e. The Bertz CT molecular complexity index is 673. The van der Waals surface area contributed by atoms with E-state index in [0.29, 0.717) is 12.5 Å². The van der Waals surface area contributed by atoms with Crippen molar-refractivity contribution < 1.29 is 13.3 Å². The molecule has 1 aliphatic carbocycles. The Hall–Kier alpha value is -1.67. The minimum absolute atomic E-state index is 0.0318. The molecular formula is C12H15N3O4S. The average molecular weight is 297 g/mol. The summed E-state index contributed by atoms with van der Waals surface area (Å²) in [6.07, 6.45) is 2.87. The SMILES string of the molecule is Nc1cc([N+](=O)[O-])ccc1S(=O)(=O)N1CC2CCC1C2. The number of sulfonamides is 1. The van der Waals surface area contributed by atoms with E-state index in [1.54, 1.807) is 0 Å². The lowest BCUT2D eigenvalue weighted by Crippen LogP contribution is -2.37. The number of benzene rings is 1. The molecule has 2 aliphatic rings. The van der Waals surface area contributed by atoms with Gasteiger partial charge in [-0.2, -0.15) is 4.31 Å². The van der Waals surface area contributed by atoms with Crippen LogP contribution < -0.4 is 5.73 Å². The molecule has 2 N–H and O–H groups in total. The van der Waals surface area contributed by atoms with Crippen LogP contribution in [0, 0.1) is 16.0 Å². The van der Waals surface area contributed by atoms with E-state index in [4.69, 9.17) is 5.73 Å². The van der Waals surface area contributed by atoms with Crippen molar-refractivity contribution in [3.63, 3.8) is 0 Å². The summed E-state index contributed by atoms with van der Waals surface area (Å²) >= 11 is 0. The third-order valence-electron chi connectivity index (χ3n) is 4.15. The van der Waals surface area contributed by atoms with Crippen LogP contribution in [0.3, 0.4) is 0 Å². The van der Waals surface area contributed by atoms with Gasteiger partial charge in [0.2, 0.25) is 10.0 Å². The third kappa shape index (κ3) is 1.95. The normalized spacial score (nSPS) is 26.0. The van der Waals surface area contributed by atoms with Gasteiger partial charge in [-0.05, 0) is 31.2 Å². The number of non-ortho nitro benzene ring substituents is 1. The van der Waals surface area contributed by atoms with Gasteiger partial charge in [0, 0.05) is 24.7 Å². The number of fused-ring (bicyclic) bond motifs is 2. The minimum Gasteiger partial charge on any atom is -0.397 e. The highest BCUT2D eigenvalue weighted by Gasteiger charge is 2.44. The van der Waals surface area contributed by atoms with Crippen LogP contribution in [0.2, 0.25) is 0 Å². The third-order valence-corrected chi connectivity index (χ3v) is 6.14. The zero-order chi connectivity index (χ0) is 14.5. The standard InChI is InChI=1S/C12H15N3O4S/c13-11-6-10(15(16)17)3-4-12(11)20(18,19)14-7-8-1-2-9(14)5-8/h3-4,6,8-9H,1-2,5,7,13H2. The van der Waals surface area contributed by atoms with Crippen molar-refractivity contribution in [1.82, 2.24) is 4.31 Å². The van der Waals surface area contributed by atoms with Crippen LogP contribution in [0.4, 0.5) is 11.4 Å². The Balaban J connectivity index is 1.98. The molecule has 3 rings (SSSR count). The fourth-order valence-corrected chi connectivity index (χ4v) is 5.03. The van der Waals surface area contributed by atoms with Gasteiger partial charge in [-0.3, -0.25) is 10.1 Å².